The van der Waals surface area contributed by atoms with E-state index in [2.05, 4.69) is 15.3 Å². The van der Waals surface area contributed by atoms with Gasteiger partial charge in [0.1, 0.15) is 5.82 Å². The summed E-state index contributed by atoms with van der Waals surface area (Å²) in [4.78, 5) is 18.8. The van der Waals surface area contributed by atoms with E-state index in [1.54, 1.807) is 19.2 Å². The summed E-state index contributed by atoms with van der Waals surface area (Å²) >= 11 is 0. The van der Waals surface area contributed by atoms with Crippen molar-refractivity contribution < 1.29 is 9.53 Å². The highest BCUT2D eigenvalue weighted by molar-refractivity contribution is 5.69. The van der Waals surface area contributed by atoms with Gasteiger partial charge in [0.2, 0.25) is 5.95 Å². The summed E-state index contributed by atoms with van der Waals surface area (Å²) in [5.74, 6) is 0.567. The number of ether oxygens (including phenoxy) is 1. The topological polar surface area (TPSA) is 90.1 Å². The van der Waals surface area contributed by atoms with Crippen LogP contribution in [0.5, 0.6) is 0 Å². The van der Waals surface area contributed by atoms with Crippen molar-refractivity contribution >= 4 is 17.7 Å². The fourth-order valence-corrected chi connectivity index (χ4v) is 0.967. The molecule has 0 atom stereocenters. The third-order valence-corrected chi connectivity index (χ3v) is 1.59. The van der Waals surface area contributed by atoms with Crippen molar-refractivity contribution in [2.45, 2.75) is 13.3 Å². The van der Waals surface area contributed by atoms with Gasteiger partial charge in [0, 0.05) is 12.7 Å². The van der Waals surface area contributed by atoms with Crippen LogP contribution >= 0.6 is 0 Å². The lowest BCUT2D eigenvalue weighted by molar-refractivity contribution is -0.142. The molecule has 0 spiro atoms. The number of nitrogens with zero attached hydrogens (tertiary/aromatic N) is 2. The Morgan fingerprint density at radius 2 is 2.47 bits per heavy atom. The molecule has 0 saturated heterocycles. The number of carbonyl (C=O) groups excluding carboxylic acids is 1. The van der Waals surface area contributed by atoms with Gasteiger partial charge in [0.15, 0.2) is 0 Å². The lowest BCUT2D eigenvalue weighted by atomic mass is 10.4. The highest BCUT2D eigenvalue weighted by Gasteiger charge is 2.01. The molecule has 0 bridgehead atoms. The van der Waals surface area contributed by atoms with Gasteiger partial charge in [0.05, 0.1) is 13.0 Å². The molecule has 0 aliphatic rings. The van der Waals surface area contributed by atoms with E-state index in [4.69, 9.17) is 10.5 Å². The number of carbonyl (C=O) groups is 1. The molecule has 1 heterocycles. The molecule has 0 aromatic carbocycles. The second kappa shape index (κ2) is 5.79. The fraction of sp³-hybridized carbons (Fsp3) is 0.444. The van der Waals surface area contributed by atoms with Crippen LogP contribution in [0.15, 0.2) is 12.3 Å². The predicted molar refractivity (Wildman–Crippen MR) is 56.2 cm³/mol. The molecular weight excluding hydrogens is 196 g/mol. The van der Waals surface area contributed by atoms with E-state index in [0.29, 0.717) is 24.9 Å². The first-order valence-corrected chi connectivity index (χ1v) is 4.70. The largest absolute Gasteiger partial charge is 0.466 e. The summed E-state index contributed by atoms with van der Waals surface area (Å²) in [5.41, 5.74) is 5.46. The number of anilines is 2. The molecule has 1 rings (SSSR count). The Morgan fingerprint density at radius 3 is 3.13 bits per heavy atom. The third kappa shape index (κ3) is 4.26. The third-order valence-electron chi connectivity index (χ3n) is 1.59. The lowest BCUT2D eigenvalue weighted by Gasteiger charge is -2.04. The Kier molecular flexibility index (Phi) is 4.33. The zero-order chi connectivity index (χ0) is 11.1. The van der Waals surface area contributed by atoms with Crippen LogP contribution in [0.25, 0.3) is 0 Å². The van der Waals surface area contributed by atoms with E-state index in [9.17, 15) is 4.79 Å². The van der Waals surface area contributed by atoms with Gasteiger partial charge in [-0.25, -0.2) is 4.98 Å². The molecule has 6 heteroatoms. The first-order valence-electron chi connectivity index (χ1n) is 4.70. The van der Waals surface area contributed by atoms with Crippen LogP contribution < -0.4 is 11.1 Å². The van der Waals surface area contributed by atoms with Crippen molar-refractivity contribution in [3.63, 3.8) is 0 Å². The molecule has 0 amide bonds. The summed E-state index contributed by atoms with van der Waals surface area (Å²) in [7, 11) is 0. The quantitative estimate of drug-likeness (QED) is 0.685. The zero-order valence-electron chi connectivity index (χ0n) is 8.56. The van der Waals surface area contributed by atoms with Crippen molar-refractivity contribution in [1.29, 1.82) is 0 Å². The Bertz CT molecular complexity index is 330. The monoisotopic (exact) mass is 210 g/mol. The number of aromatic nitrogens is 2. The van der Waals surface area contributed by atoms with Crippen LogP contribution in [0.3, 0.4) is 0 Å². The van der Waals surface area contributed by atoms with Crippen molar-refractivity contribution in [3.05, 3.63) is 12.3 Å². The van der Waals surface area contributed by atoms with E-state index < -0.39 is 0 Å². The van der Waals surface area contributed by atoms with Gasteiger partial charge >= 0.3 is 5.97 Å². The second-order valence-corrected chi connectivity index (χ2v) is 2.79. The molecule has 82 valence electrons. The summed E-state index contributed by atoms with van der Waals surface area (Å²) in [6.45, 7) is 2.60. The molecule has 0 radical (unpaired) electrons. The van der Waals surface area contributed by atoms with Crippen molar-refractivity contribution in [3.8, 4) is 0 Å². The molecule has 1 aromatic rings. The average Bonchev–Trinajstić information content (AvgIpc) is 2.18. The van der Waals surface area contributed by atoms with E-state index in [1.165, 1.54) is 0 Å². The van der Waals surface area contributed by atoms with E-state index in [-0.39, 0.29) is 12.4 Å². The molecule has 0 aliphatic carbocycles. The maximum Gasteiger partial charge on any atom is 0.307 e. The fourth-order valence-electron chi connectivity index (χ4n) is 0.967. The Hall–Kier alpha value is -1.85. The zero-order valence-corrected chi connectivity index (χ0v) is 8.56. The van der Waals surface area contributed by atoms with Gasteiger partial charge in [-0.3, -0.25) is 4.79 Å². The van der Waals surface area contributed by atoms with Gasteiger partial charge in [0.25, 0.3) is 0 Å². The van der Waals surface area contributed by atoms with Gasteiger partial charge in [-0.05, 0) is 13.0 Å². The number of hydrogen-bond acceptors (Lipinski definition) is 6. The molecule has 15 heavy (non-hydrogen) atoms. The number of nitrogens with one attached hydrogen (secondary N) is 1. The lowest BCUT2D eigenvalue weighted by Crippen LogP contribution is -2.12. The SMILES string of the molecule is CCOC(=O)CCNc1nccc(N)n1. The van der Waals surface area contributed by atoms with Crippen LogP contribution in [0.2, 0.25) is 0 Å². The van der Waals surface area contributed by atoms with E-state index in [1.807, 2.05) is 0 Å². The minimum absolute atomic E-state index is 0.242. The first-order chi connectivity index (χ1) is 7.22. The van der Waals surface area contributed by atoms with Crippen molar-refractivity contribution in [2.24, 2.45) is 0 Å². The smallest absolute Gasteiger partial charge is 0.307 e. The van der Waals surface area contributed by atoms with Gasteiger partial charge in [-0.2, -0.15) is 4.98 Å². The van der Waals surface area contributed by atoms with Gasteiger partial charge in [-0.15, -0.1) is 0 Å². The minimum atomic E-state index is -0.242. The van der Waals surface area contributed by atoms with Gasteiger partial charge in [-0.1, -0.05) is 0 Å². The molecular formula is C9H14N4O2. The Morgan fingerprint density at radius 1 is 1.67 bits per heavy atom. The Labute approximate surface area is 87.9 Å². The molecule has 3 N–H and O–H groups in total. The molecule has 0 aliphatic heterocycles. The standard InChI is InChI=1S/C9H14N4O2/c1-2-15-8(14)4-6-12-9-11-5-3-7(10)13-9/h3,5H,2,4,6H2,1H3,(H3,10,11,12,13). The van der Waals surface area contributed by atoms with E-state index >= 15 is 0 Å². The normalized spacial score (nSPS) is 9.67. The maximum absolute atomic E-state index is 11.0. The molecule has 1 aromatic heterocycles. The van der Waals surface area contributed by atoms with Gasteiger partial charge < -0.3 is 15.8 Å². The number of rotatable bonds is 5. The molecule has 6 nitrogen and oxygen atoms in total. The highest BCUT2D eigenvalue weighted by atomic mass is 16.5. The summed E-state index contributed by atoms with van der Waals surface area (Å²) < 4.78 is 4.76. The summed E-state index contributed by atoms with van der Waals surface area (Å²) in [6.07, 6.45) is 1.83. The first kappa shape index (κ1) is 11.2. The highest BCUT2D eigenvalue weighted by Crippen LogP contribution is 2.00. The summed E-state index contributed by atoms with van der Waals surface area (Å²) in [5, 5.41) is 2.87. The van der Waals surface area contributed by atoms with E-state index in [0.717, 1.165) is 0 Å². The van der Waals surface area contributed by atoms with Crippen molar-refractivity contribution in [1.82, 2.24) is 9.97 Å². The average molecular weight is 210 g/mol. The molecule has 0 unspecified atom stereocenters. The number of hydrogen-bond donors (Lipinski definition) is 2. The summed E-state index contributed by atoms with van der Waals surface area (Å²) in [6, 6.07) is 1.59. The predicted octanol–water partition coefficient (Wildman–Crippen LogP) is 0.424. The molecule has 0 saturated carbocycles. The van der Waals surface area contributed by atoms with Crippen molar-refractivity contribution in [2.75, 3.05) is 24.2 Å². The maximum atomic E-state index is 11.0. The number of nitrogen functional groups attached to an aromatic ring is 1. The second-order valence-electron chi connectivity index (χ2n) is 2.79. The van der Waals surface area contributed by atoms with Crippen LogP contribution in [-0.2, 0) is 9.53 Å². The van der Waals surface area contributed by atoms with Crippen LogP contribution in [0.1, 0.15) is 13.3 Å². The number of esters is 1. The molecule has 0 fully saturated rings. The van der Waals surface area contributed by atoms with Crippen LogP contribution in [-0.4, -0.2) is 29.1 Å². The minimum Gasteiger partial charge on any atom is -0.466 e. The number of nitrogens with two attached hydrogens (primary N) is 1. The Balaban J connectivity index is 2.28. The van der Waals surface area contributed by atoms with Crippen LogP contribution in [0.4, 0.5) is 11.8 Å². The van der Waals surface area contributed by atoms with Crippen LogP contribution in [0, 0.1) is 0 Å².